The molecular formula is C27H30N6. The van der Waals surface area contributed by atoms with Gasteiger partial charge < -0.3 is 9.80 Å². The summed E-state index contributed by atoms with van der Waals surface area (Å²) in [7, 11) is 0. The van der Waals surface area contributed by atoms with Gasteiger partial charge in [-0.3, -0.25) is 0 Å². The van der Waals surface area contributed by atoms with E-state index in [2.05, 4.69) is 79.1 Å². The molecule has 3 heterocycles. The second-order valence-corrected chi connectivity index (χ2v) is 9.55. The van der Waals surface area contributed by atoms with Crippen LogP contribution < -0.4 is 9.80 Å². The Morgan fingerprint density at radius 1 is 0.909 bits per heavy atom. The molecule has 6 heteroatoms. The molecule has 0 radical (unpaired) electrons. The van der Waals surface area contributed by atoms with Crippen LogP contribution in [0.3, 0.4) is 0 Å². The van der Waals surface area contributed by atoms with Crippen LogP contribution >= 0.6 is 0 Å². The number of fused-ring (bicyclic) bond motifs is 2. The van der Waals surface area contributed by atoms with Gasteiger partial charge in [-0.2, -0.15) is 9.50 Å². The van der Waals surface area contributed by atoms with Gasteiger partial charge in [0.1, 0.15) is 5.82 Å². The van der Waals surface area contributed by atoms with Gasteiger partial charge in [-0.15, -0.1) is 5.10 Å². The van der Waals surface area contributed by atoms with Crippen molar-refractivity contribution in [2.45, 2.75) is 46.1 Å². The molecule has 0 bridgehead atoms. The molecule has 4 aromatic rings. The number of rotatable bonds is 3. The second-order valence-electron chi connectivity index (χ2n) is 9.55. The first kappa shape index (κ1) is 20.2. The van der Waals surface area contributed by atoms with E-state index in [1.165, 1.54) is 33.9 Å². The van der Waals surface area contributed by atoms with Gasteiger partial charge in [0, 0.05) is 42.5 Å². The van der Waals surface area contributed by atoms with Gasteiger partial charge in [0.25, 0.3) is 5.78 Å². The molecule has 6 rings (SSSR count). The first-order chi connectivity index (χ1) is 16.1. The molecule has 6 nitrogen and oxygen atoms in total. The van der Waals surface area contributed by atoms with Crippen molar-refractivity contribution in [1.82, 2.24) is 19.6 Å². The van der Waals surface area contributed by atoms with Crippen molar-refractivity contribution < 1.29 is 0 Å². The number of benzene rings is 2. The van der Waals surface area contributed by atoms with E-state index < -0.39 is 0 Å². The highest BCUT2D eigenvalue weighted by Crippen LogP contribution is 2.33. The van der Waals surface area contributed by atoms with Crippen LogP contribution in [0.25, 0.3) is 17.2 Å². The van der Waals surface area contributed by atoms with E-state index in [4.69, 9.17) is 15.1 Å². The SMILES string of the molecule is Cc1ccc(-c2nc3nc4c(c(N5CCN(c6cccc(C)c6)C(C)C5)n3n2)CCC4)cc1. The zero-order valence-corrected chi connectivity index (χ0v) is 19.6. The van der Waals surface area contributed by atoms with Crippen LogP contribution in [0.5, 0.6) is 0 Å². The van der Waals surface area contributed by atoms with Crippen LogP contribution in [0.15, 0.2) is 48.5 Å². The van der Waals surface area contributed by atoms with Crippen LogP contribution in [0, 0.1) is 13.8 Å². The van der Waals surface area contributed by atoms with Gasteiger partial charge >= 0.3 is 0 Å². The summed E-state index contributed by atoms with van der Waals surface area (Å²) in [4.78, 5) is 14.8. The quantitative estimate of drug-likeness (QED) is 0.467. The van der Waals surface area contributed by atoms with Gasteiger partial charge in [-0.25, -0.2) is 4.98 Å². The topological polar surface area (TPSA) is 49.6 Å². The Balaban J connectivity index is 1.38. The summed E-state index contributed by atoms with van der Waals surface area (Å²) < 4.78 is 2.01. The molecule has 0 spiro atoms. The predicted octanol–water partition coefficient (Wildman–Crippen LogP) is 4.61. The van der Waals surface area contributed by atoms with E-state index >= 15 is 0 Å². The maximum Gasteiger partial charge on any atom is 0.254 e. The summed E-state index contributed by atoms with van der Waals surface area (Å²) in [5.74, 6) is 2.67. The molecule has 0 saturated carbocycles. The maximum absolute atomic E-state index is 4.97. The Labute approximate surface area is 194 Å². The molecule has 1 unspecified atom stereocenters. The molecule has 2 aromatic carbocycles. The highest BCUT2D eigenvalue weighted by Gasteiger charge is 2.30. The van der Waals surface area contributed by atoms with Gasteiger partial charge in [-0.05, 0) is 57.7 Å². The van der Waals surface area contributed by atoms with Crippen molar-refractivity contribution in [2.24, 2.45) is 0 Å². The number of aromatic nitrogens is 4. The molecule has 1 saturated heterocycles. The Bertz CT molecular complexity index is 1320. The third kappa shape index (κ3) is 3.54. The third-order valence-corrected chi connectivity index (χ3v) is 7.05. The van der Waals surface area contributed by atoms with Crippen LogP contribution in [0.2, 0.25) is 0 Å². The summed E-state index contributed by atoms with van der Waals surface area (Å²) in [5.41, 5.74) is 7.46. The number of hydrogen-bond donors (Lipinski definition) is 0. The lowest BCUT2D eigenvalue weighted by Gasteiger charge is -2.42. The van der Waals surface area contributed by atoms with Gasteiger partial charge in [0.05, 0.1) is 5.69 Å². The van der Waals surface area contributed by atoms with Gasteiger partial charge in [0.15, 0.2) is 5.82 Å². The summed E-state index contributed by atoms with van der Waals surface area (Å²) in [6, 6.07) is 17.7. The molecule has 0 N–H and O–H groups in total. The Hall–Kier alpha value is -3.41. The average molecular weight is 439 g/mol. The molecule has 33 heavy (non-hydrogen) atoms. The van der Waals surface area contributed by atoms with Gasteiger partial charge in [0.2, 0.25) is 0 Å². The van der Waals surface area contributed by atoms with Crippen LogP contribution in [-0.2, 0) is 12.8 Å². The summed E-state index contributed by atoms with van der Waals surface area (Å²) >= 11 is 0. The zero-order valence-electron chi connectivity index (χ0n) is 19.6. The summed E-state index contributed by atoms with van der Waals surface area (Å²) in [6.07, 6.45) is 3.26. The van der Waals surface area contributed by atoms with E-state index in [-0.39, 0.29) is 0 Å². The minimum Gasteiger partial charge on any atom is -0.365 e. The molecule has 2 aromatic heterocycles. The smallest absolute Gasteiger partial charge is 0.254 e. The second kappa shape index (κ2) is 7.87. The molecule has 0 amide bonds. The fourth-order valence-electron chi connectivity index (χ4n) is 5.35. The minimum atomic E-state index is 0.404. The molecule has 1 atom stereocenters. The average Bonchev–Trinajstić information content (AvgIpc) is 3.44. The normalized spacial score (nSPS) is 18.2. The van der Waals surface area contributed by atoms with E-state index in [0.717, 1.165) is 56.1 Å². The molecule has 2 aliphatic rings. The number of nitrogens with zero attached hydrogens (tertiary/aromatic N) is 6. The van der Waals surface area contributed by atoms with Crippen LogP contribution in [-0.4, -0.2) is 45.3 Å². The largest absolute Gasteiger partial charge is 0.365 e. The van der Waals surface area contributed by atoms with Crippen LogP contribution in [0.1, 0.15) is 35.7 Å². The fourth-order valence-corrected chi connectivity index (χ4v) is 5.35. The first-order valence-electron chi connectivity index (χ1n) is 12.0. The molecule has 1 aliphatic heterocycles. The number of aryl methyl sites for hydroxylation is 3. The minimum absolute atomic E-state index is 0.404. The molecule has 1 fully saturated rings. The standard InChI is InChI=1S/C27H30N6/c1-18-10-12-21(13-11-18)25-29-27-28-24-9-5-8-23(24)26(33(27)30-25)31-14-15-32(20(3)17-31)22-7-4-6-19(2)16-22/h4,6-7,10-13,16,20H,5,8-9,14-15,17H2,1-3H3. The molecule has 1 aliphatic carbocycles. The van der Waals surface area contributed by atoms with Crippen molar-refractivity contribution in [3.63, 3.8) is 0 Å². The predicted molar refractivity (Wildman–Crippen MR) is 133 cm³/mol. The fraction of sp³-hybridized carbons (Fsp3) is 0.370. The number of piperazine rings is 1. The summed E-state index contributed by atoms with van der Waals surface area (Å²) in [6.45, 7) is 9.50. The monoisotopic (exact) mass is 438 g/mol. The Morgan fingerprint density at radius 3 is 2.55 bits per heavy atom. The zero-order chi connectivity index (χ0) is 22.5. The van der Waals surface area contributed by atoms with E-state index in [1.807, 2.05) is 4.52 Å². The lowest BCUT2D eigenvalue weighted by molar-refractivity contribution is 0.542. The van der Waals surface area contributed by atoms with Crippen molar-refractivity contribution in [1.29, 1.82) is 0 Å². The van der Waals surface area contributed by atoms with Gasteiger partial charge in [-0.1, -0.05) is 42.0 Å². The van der Waals surface area contributed by atoms with Crippen molar-refractivity contribution in [2.75, 3.05) is 29.4 Å². The van der Waals surface area contributed by atoms with Crippen LogP contribution in [0.4, 0.5) is 11.5 Å². The number of anilines is 2. The highest BCUT2D eigenvalue weighted by atomic mass is 15.4. The van der Waals surface area contributed by atoms with Crippen molar-refractivity contribution >= 4 is 17.3 Å². The first-order valence-corrected chi connectivity index (χ1v) is 12.0. The maximum atomic E-state index is 4.97. The third-order valence-electron chi connectivity index (χ3n) is 7.05. The van der Waals surface area contributed by atoms with Crippen molar-refractivity contribution in [3.8, 4) is 11.4 Å². The Morgan fingerprint density at radius 2 is 1.76 bits per heavy atom. The van der Waals surface area contributed by atoms with E-state index in [0.29, 0.717) is 6.04 Å². The Kier molecular flexibility index (Phi) is 4.82. The highest BCUT2D eigenvalue weighted by molar-refractivity contribution is 5.63. The summed E-state index contributed by atoms with van der Waals surface area (Å²) in [5, 5.41) is 4.97. The van der Waals surface area contributed by atoms with E-state index in [9.17, 15) is 0 Å². The molecule has 168 valence electrons. The van der Waals surface area contributed by atoms with Crippen molar-refractivity contribution in [3.05, 3.63) is 70.9 Å². The lowest BCUT2D eigenvalue weighted by Crippen LogP contribution is -2.53. The number of hydrogen-bond acceptors (Lipinski definition) is 5. The molecular weight excluding hydrogens is 408 g/mol. The lowest BCUT2D eigenvalue weighted by atomic mass is 10.1. The van der Waals surface area contributed by atoms with E-state index in [1.54, 1.807) is 0 Å².